The largest absolute Gasteiger partial charge is 0.419 e. The molecule has 1 heterocycles. The SMILES string of the molecule is C[NH+](C)CCCNc1oc(-c2ccc([N+](=O)[O-])cc2)nc1C#N. The van der Waals surface area contributed by atoms with E-state index in [4.69, 9.17) is 9.68 Å². The Morgan fingerprint density at radius 1 is 1.39 bits per heavy atom. The normalized spacial score (nSPS) is 10.5. The van der Waals surface area contributed by atoms with Gasteiger partial charge in [-0.1, -0.05) is 0 Å². The number of hydrogen-bond donors (Lipinski definition) is 2. The average molecular weight is 316 g/mol. The van der Waals surface area contributed by atoms with Gasteiger partial charge >= 0.3 is 0 Å². The number of rotatable bonds is 7. The summed E-state index contributed by atoms with van der Waals surface area (Å²) < 4.78 is 5.58. The summed E-state index contributed by atoms with van der Waals surface area (Å²) in [6, 6.07) is 7.82. The molecule has 2 N–H and O–H groups in total. The van der Waals surface area contributed by atoms with Gasteiger partial charge in [-0.05, 0) is 12.1 Å². The zero-order valence-electron chi connectivity index (χ0n) is 13.0. The number of nitro benzene ring substituents is 1. The van der Waals surface area contributed by atoms with E-state index in [1.807, 2.05) is 6.07 Å². The molecule has 0 radical (unpaired) electrons. The molecular weight excluding hydrogens is 298 g/mol. The van der Waals surface area contributed by atoms with Gasteiger partial charge in [-0.15, -0.1) is 0 Å². The Bertz CT molecular complexity index is 716. The topological polar surface area (TPSA) is 109 Å². The Kier molecular flexibility index (Phi) is 5.28. The molecule has 0 aliphatic carbocycles. The summed E-state index contributed by atoms with van der Waals surface area (Å²) in [4.78, 5) is 15.7. The van der Waals surface area contributed by atoms with Crippen molar-refractivity contribution in [2.75, 3.05) is 32.5 Å². The van der Waals surface area contributed by atoms with Crippen LogP contribution in [0.4, 0.5) is 11.6 Å². The van der Waals surface area contributed by atoms with Gasteiger partial charge in [0, 0.05) is 30.7 Å². The van der Waals surface area contributed by atoms with Crippen molar-refractivity contribution in [2.24, 2.45) is 0 Å². The molecule has 1 aromatic carbocycles. The van der Waals surface area contributed by atoms with Gasteiger partial charge < -0.3 is 14.6 Å². The number of quaternary nitrogens is 1. The van der Waals surface area contributed by atoms with E-state index >= 15 is 0 Å². The first-order valence-electron chi connectivity index (χ1n) is 7.20. The Balaban J connectivity index is 2.11. The number of nitro groups is 1. The molecule has 0 unspecified atom stereocenters. The van der Waals surface area contributed by atoms with Crippen LogP contribution in [0.15, 0.2) is 28.7 Å². The number of nitrogens with zero attached hydrogens (tertiary/aromatic N) is 3. The maximum atomic E-state index is 10.7. The second kappa shape index (κ2) is 7.38. The predicted octanol–water partition coefficient (Wildman–Crippen LogP) is 1.07. The first kappa shape index (κ1) is 16.5. The van der Waals surface area contributed by atoms with Crippen LogP contribution >= 0.6 is 0 Å². The van der Waals surface area contributed by atoms with E-state index in [9.17, 15) is 10.1 Å². The third kappa shape index (κ3) is 4.28. The van der Waals surface area contributed by atoms with Crippen molar-refractivity contribution in [2.45, 2.75) is 6.42 Å². The molecule has 2 rings (SSSR count). The maximum Gasteiger partial charge on any atom is 0.269 e. The zero-order chi connectivity index (χ0) is 16.8. The van der Waals surface area contributed by atoms with E-state index in [-0.39, 0.29) is 17.3 Å². The molecule has 0 atom stereocenters. The lowest BCUT2D eigenvalue weighted by Crippen LogP contribution is -3.05. The third-order valence-corrected chi connectivity index (χ3v) is 3.20. The Morgan fingerprint density at radius 2 is 2.09 bits per heavy atom. The van der Waals surface area contributed by atoms with E-state index in [1.165, 1.54) is 17.0 Å². The van der Waals surface area contributed by atoms with E-state index in [2.05, 4.69) is 24.4 Å². The lowest BCUT2D eigenvalue weighted by molar-refractivity contribution is -0.858. The Morgan fingerprint density at radius 3 is 2.65 bits per heavy atom. The summed E-state index contributed by atoms with van der Waals surface area (Å²) in [5, 5.41) is 22.9. The van der Waals surface area contributed by atoms with Crippen LogP contribution < -0.4 is 10.2 Å². The second-order valence-corrected chi connectivity index (χ2v) is 5.35. The molecule has 2 aromatic rings. The Labute approximate surface area is 133 Å². The molecule has 0 bridgehead atoms. The van der Waals surface area contributed by atoms with Gasteiger partial charge in [0.1, 0.15) is 6.07 Å². The number of non-ortho nitro benzene ring substituents is 1. The van der Waals surface area contributed by atoms with Crippen LogP contribution in [0.1, 0.15) is 12.1 Å². The Hall–Kier alpha value is -2.92. The van der Waals surface area contributed by atoms with Crippen LogP contribution in [0.3, 0.4) is 0 Å². The summed E-state index contributed by atoms with van der Waals surface area (Å²) in [5.41, 5.74) is 0.749. The van der Waals surface area contributed by atoms with Gasteiger partial charge in [0.25, 0.3) is 5.69 Å². The highest BCUT2D eigenvalue weighted by molar-refractivity contribution is 5.60. The molecule has 0 amide bonds. The molecule has 120 valence electrons. The van der Waals surface area contributed by atoms with E-state index < -0.39 is 4.92 Å². The van der Waals surface area contributed by atoms with Crippen molar-refractivity contribution < 1.29 is 14.2 Å². The minimum absolute atomic E-state index is 0.00894. The van der Waals surface area contributed by atoms with Crippen LogP contribution in [0.25, 0.3) is 11.5 Å². The number of anilines is 1. The van der Waals surface area contributed by atoms with Crippen LogP contribution in [0.5, 0.6) is 0 Å². The van der Waals surface area contributed by atoms with Crippen LogP contribution in [-0.4, -0.2) is 37.1 Å². The highest BCUT2D eigenvalue weighted by atomic mass is 16.6. The molecule has 1 aromatic heterocycles. The summed E-state index contributed by atoms with van der Waals surface area (Å²) in [7, 11) is 4.14. The number of oxazole rings is 1. The summed E-state index contributed by atoms with van der Waals surface area (Å²) in [6.45, 7) is 1.67. The summed E-state index contributed by atoms with van der Waals surface area (Å²) in [6.07, 6.45) is 0.931. The zero-order valence-corrected chi connectivity index (χ0v) is 13.0. The van der Waals surface area contributed by atoms with E-state index in [0.717, 1.165) is 13.0 Å². The van der Waals surface area contributed by atoms with Crippen LogP contribution in [-0.2, 0) is 0 Å². The van der Waals surface area contributed by atoms with Gasteiger partial charge in [-0.2, -0.15) is 10.2 Å². The number of benzene rings is 1. The van der Waals surface area contributed by atoms with Gasteiger partial charge in [-0.25, -0.2) is 0 Å². The highest BCUT2D eigenvalue weighted by Gasteiger charge is 2.15. The molecular formula is C15H18N5O3+. The lowest BCUT2D eigenvalue weighted by Gasteiger charge is -2.07. The minimum atomic E-state index is -0.472. The monoisotopic (exact) mass is 316 g/mol. The number of hydrogen-bond acceptors (Lipinski definition) is 6. The number of nitrogens with one attached hydrogen (secondary N) is 2. The smallest absolute Gasteiger partial charge is 0.269 e. The predicted molar refractivity (Wildman–Crippen MR) is 84.1 cm³/mol. The molecule has 23 heavy (non-hydrogen) atoms. The number of aromatic nitrogens is 1. The lowest BCUT2D eigenvalue weighted by atomic mass is 10.2. The molecule has 0 spiro atoms. The molecule has 8 nitrogen and oxygen atoms in total. The number of nitriles is 1. The van der Waals surface area contributed by atoms with Crippen molar-refractivity contribution >= 4 is 11.6 Å². The molecule has 0 saturated carbocycles. The van der Waals surface area contributed by atoms with Gasteiger partial charge in [0.05, 0.1) is 25.6 Å². The first-order valence-corrected chi connectivity index (χ1v) is 7.20. The van der Waals surface area contributed by atoms with Gasteiger partial charge in [-0.3, -0.25) is 10.1 Å². The third-order valence-electron chi connectivity index (χ3n) is 3.20. The maximum absolute atomic E-state index is 10.7. The molecule has 0 fully saturated rings. The summed E-state index contributed by atoms with van der Waals surface area (Å²) in [5.74, 6) is 0.590. The van der Waals surface area contributed by atoms with E-state index in [0.29, 0.717) is 18.0 Å². The van der Waals surface area contributed by atoms with Crippen LogP contribution in [0, 0.1) is 21.4 Å². The van der Waals surface area contributed by atoms with Gasteiger partial charge in [0.15, 0.2) is 0 Å². The highest BCUT2D eigenvalue weighted by Crippen LogP contribution is 2.26. The minimum Gasteiger partial charge on any atom is -0.419 e. The molecule has 0 aliphatic rings. The van der Waals surface area contributed by atoms with E-state index in [1.54, 1.807) is 12.1 Å². The van der Waals surface area contributed by atoms with Crippen molar-refractivity contribution in [1.82, 2.24) is 4.98 Å². The molecule has 0 aliphatic heterocycles. The summed E-state index contributed by atoms with van der Waals surface area (Å²) >= 11 is 0. The average Bonchev–Trinajstić information content (AvgIpc) is 2.94. The first-order chi connectivity index (χ1) is 11.0. The van der Waals surface area contributed by atoms with Crippen molar-refractivity contribution in [3.63, 3.8) is 0 Å². The second-order valence-electron chi connectivity index (χ2n) is 5.35. The fourth-order valence-electron chi connectivity index (χ4n) is 2.01. The quantitative estimate of drug-likeness (QED) is 0.449. The van der Waals surface area contributed by atoms with Crippen LogP contribution in [0.2, 0.25) is 0 Å². The molecule has 0 saturated heterocycles. The van der Waals surface area contributed by atoms with Crippen molar-refractivity contribution in [3.8, 4) is 17.5 Å². The standard InChI is InChI=1S/C15H17N5O3/c1-19(2)9-3-8-17-15-13(10-16)18-14(23-15)11-4-6-12(7-5-11)20(21)22/h4-7,17H,3,8-9H2,1-2H3/p+1. The fourth-order valence-corrected chi connectivity index (χ4v) is 2.01. The fraction of sp³-hybridized carbons (Fsp3) is 0.333. The van der Waals surface area contributed by atoms with Gasteiger partial charge in [0.2, 0.25) is 17.5 Å². The van der Waals surface area contributed by atoms with Crippen molar-refractivity contribution in [3.05, 3.63) is 40.1 Å². The van der Waals surface area contributed by atoms with Crippen molar-refractivity contribution in [1.29, 1.82) is 5.26 Å². The molecule has 8 heteroatoms.